The Kier molecular flexibility index (Phi) is 6.62. The van der Waals surface area contributed by atoms with Gasteiger partial charge in [-0.3, -0.25) is 4.79 Å². The standard InChI is InChI=1S/C21H22Cl2N4O4S/c22-15-3-8-18(23)19(13-15)32(30,31)27-11-9-26(10-12-27)20(28)14-1-4-16(5-2-14)24-21(29)25-17-6-7-17/h1-5,8,13,17H,6-7,9-12H2,(H2,24,25,29). The SMILES string of the molecule is O=C(Nc1ccc(C(=O)N2CCN(S(=O)(=O)c3cc(Cl)ccc3Cl)CC2)cc1)NC1CC1. The molecule has 1 saturated carbocycles. The molecule has 32 heavy (non-hydrogen) atoms. The van der Waals surface area contributed by atoms with Gasteiger partial charge in [0.15, 0.2) is 0 Å². The van der Waals surface area contributed by atoms with Gasteiger partial charge in [0.25, 0.3) is 5.91 Å². The molecule has 1 aliphatic carbocycles. The summed E-state index contributed by atoms with van der Waals surface area (Å²) in [6.07, 6.45) is 2.00. The topological polar surface area (TPSA) is 98.8 Å². The number of rotatable bonds is 5. The second-order valence-corrected chi connectivity index (χ2v) is 10.5. The monoisotopic (exact) mass is 496 g/mol. The molecule has 2 aromatic carbocycles. The number of carbonyl (C=O) groups is 2. The average molecular weight is 497 g/mol. The Bertz CT molecular complexity index is 1130. The van der Waals surface area contributed by atoms with Crippen molar-refractivity contribution in [3.63, 3.8) is 0 Å². The molecule has 0 radical (unpaired) electrons. The molecule has 0 spiro atoms. The van der Waals surface area contributed by atoms with Crippen LogP contribution in [0.4, 0.5) is 10.5 Å². The van der Waals surface area contributed by atoms with Crippen LogP contribution >= 0.6 is 23.2 Å². The summed E-state index contributed by atoms with van der Waals surface area (Å²) < 4.78 is 27.2. The van der Waals surface area contributed by atoms with Gasteiger partial charge in [-0.2, -0.15) is 4.31 Å². The van der Waals surface area contributed by atoms with Gasteiger partial charge in [0, 0.05) is 48.5 Å². The molecule has 0 unspecified atom stereocenters. The Morgan fingerprint density at radius 2 is 1.59 bits per heavy atom. The second-order valence-electron chi connectivity index (χ2n) is 7.72. The van der Waals surface area contributed by atoms with Crippen molar-refractivity contribution in [2.75, 3.05) is 31.5 Å². The number of sulfonamides is 1. The number of piperazine rings is 1. The maximum atomic E-state index is 12.9. The number of urea groups is 1. The number of hydrogen-bond donors (Lipinski definition) is 2. The van der Waals surface area contributed by atoms with Gasteiger partial charge in [-0.25, -0.2) is 13.2 Å². The summed E-state index contributed by atoms with van der Waals surface area (Å²) in [5, 5.41) is 5.95. The molecule has 2 fully saturated rings. The minimum absolute atomic E-state index is 0.0414. The van der Waals surface area contributed by atoms with Crippen LogP contribution in [-0.4, -0.2) is 61.8 Å². The molecule has 0 atom stereocenters. The summed E-state index contributed by atoms with van der Waals surface area (Å²) in [7, 11) is -3.82. The third-order valence-electron chi connectivity index (χ3n) is 5.34. The number of carbonyl (C=O) groups excluding carboxylic acids is 2. The fraction of sp³-hybridized carbons (Fsp3) is 0.333. The van der Waals surface area contributed by atoms with Crippen molar-refractivity contribution in [1.29, 1.82) is 0 Å². The highest BCUT2D eigenvalue weighted by Crippen LogP contribution is 2.28. The van der Waals surface area contributed by atoms with Gasteiger partial charge in [0.1, 0.15) is 4.90 Å². The van der Waals surface area contributed by atoms with Gasteiger partial charge < -0.3 is 15.5 Å². The van der Waals surface area contributed by atoms with Crippen LogP contribution in [0.25, 0.3) is 0 Å². The van der Waals surface area contributed by atoms with Crippen LogP contribution < -0.4 is 10.6 Å². The second kappa shape index (κ2) is 9.27. The highest BCUT2D eigenvalue weighted by molar-refractivity contribution is 7.89. The number of nitrogens with one attached hydrogen (secondary N) is 2. The maximum absolute atomic E-state index is 12.9. The summed E-state index contributed by atoms with van der Waals surface area (Å²) in [6.45, 7) is 0.801. The van der Waals surface area contributed by atoms with Crippen LogP contribution in [-0.2, 0) is 10.0 Å². The summed E-state index contributed by atoms with van der Waals surface area (Å²) in [5.41, 5.74) is 1.06. The molecule has 0 aromatic heterocycles. The van der Waals surface area contributed by atoms with Crippen molar-refractivity contribution in [2.24, 2.45) is 0 Å². The lowest BCUT2D eigenvalue weighted by Crippen LogP contribution is -2.50. The summed E-state index contributed by atoms with van der Waals surface area (Å²) in [5.74, 6) is -0.197. The quantitative estimate of drug-likeness (QED) is 0.662. The molecule has 2 aromatic rings. The number of halogens is 2. The molecule has 3 amide bonds. The zero-order valence-electron chi connectivity index (χ0n) is 17.1. The first-order chi connectivity index (χ1) is 15.2. The van der Waals surface area contributed by atoms with E-state index in [9.17, 15) is 18.0 Å². The Morgan fingerprint density at radius 1 is 0.938 bits per heavy atom. The molecule has 170 valence electrons. The zero-order valence-corrected chi connectivity index (χ0v) is 19.4. The van der Waals surface area contributed by atoms with Crippen LogP contribution in [0.5, 0.6) is 0 Å². The minimum Gasteiger partial charge on any atom is -0.336 e. The minimum atomic E-state index is -3.82. The van der Waals surface area contributed by atoms with Crippen LogP contribution in [0.15, 0.2) is 47.4 Å². The van der Waals surface area contributed by atoms with Crippen LogP contribution in [0.3, 0.4) is 0 Å². The highest BCUT2D eigenvalue weighted by Gasteiger charge is 2.32. The number of amides is 3. The van der Waals surface area contributed by atoms with Crippen molar-refractivity contribution < 1.29 is 18.0 Å². The number of anilines is 1. The van der Waals surface area contributed by atoms with E-state index in [1.54, 1.807) is 29.2 Å². The summed E-state index contributed by atoms with van der Waals surface area (Å²) in [6, 6.07) is 10.9. The van der Waals surface area contributed by atoms with Gasteiger partial charge in [-0.1, -0.05) is 23.2 Å². The lowest BCUT2D eigenvalue weighted by atomic mass is 10.1. The van der Waals surface area contributed by atoms with E-state index in [0.29, 0.717) is 11.3 Å². The van der Waals surface area contributed by atoms with Crippen molar-refractivity contribution in [2.45, 2.75) is 23.8 Å². The molecular weight excluding hydrogens is 475 g/mol. The lowest BCUT2D eigenvalue weighted by molar-refractivity contribution is 0.0698. The summed E-state index contributed by atoms with van der Waals surface area (Å²) in [4.78, 5) is 26.2. The van der Waals surface area contributed by atoms with Crippen molar-refractivity contribution in [1.82, 2.24) is 14.5 Å². The number of hydrogen-bond acceptors (Lipinski definition) is 4. The first kappa shape index (κ1) is 22.8. The average Bonchev–Trinajstić information content (AvgIpc) is 3.59. The molecule has 4 rings (SSSR count). The molecular formula is C21H22Cl2N4O4S. The molecule has 1 aliphatic heterocycles. The normalized spacial score (nSPS) is 17.1. The number of nitrogens with zero attached hydrogens (tertiary/aromatic N) is 2. The van der Waals surface area contributed by atoms with E-state index in [2.05, 4.69) is 10.6 Å². The van der Waals surface area contributed by atoms with Crippen molar-refractivity contribution in [3.05, 3.63) is 58.1 Å². The number of benzene rings is 2. The predicted octanol–water partition coefficient (Wildman–Crippen LogP) is 3.42. The fourth-order valence-electron chi connectivity index (χ4n) is 3.40. The van der Waals surface area contributed by atoms with Crippen LogP contribution in [0.2, 0.25) is 10.0 Å². The zero-order chi connectivity index (χ0) is 22.9. The molecule has 8 nitrogen and oxygen atoms in total. The van der Waals surface area contributed by atoms with Gasteiger partial charge in [0.05, 0.1) is 5.02 Å². The Labute approximate surface area is 196 Å². The molecule has 11 heteroatoms. The Hall–Kier alpha value is -2.33. The van der Waals surface area contributed by atoms with Gasteiger partial charge >= 0.3 is 6.03 Å². The molecule has 0 bridgehead atoms. The predicted molar refractivity (Wildman–Crippen MR) is 123 cm³/mol. The first-order valence-electron chi connectivity index (χ1n) is 10.2. The fourth-order valence-corrected chi connectivity index (χ4v) is 5.56. The Morgan fingerprint density at radius 3 is 2.22 bits per heavy atom. The van der Waals surface area contributed by atoms with Gasteiger partial charge in [-0.15, -0.1) is 0 Å². The molecule has 2 aliphatic rings. The van der Waals surface area contributed by atoms with E-state index < -0.39 is 10.0 Å². The van der Waals surface area contributed by atoms with E-state index in [1.165, 1.54) is 22.5 Å². The molecule has 2 N–H and O–H groups in total. The Balaban J connectivity index is 1.36. The lowest BCUT2D eigenvalue weighted by Gasteiger charge is -2.34. The maximum Gasteiger partial charge on any atom is 0.319 e. The van der Waals surface area contributed by atoms with Gasteiger partial charge in [0.2, 0.25) is 10.0 Å². The third kappa shape index (κ3) is 5.17. The van der Waals surface area contributed by atoms with Gasteiger partial charge in [-0.05, 0) is 55.3 Å². The molecule has 1 heterocycles. The summed E-state index contributed by atoms with van der Waals surface area (Å²) >= 11 is 12.0. The largest absolute Gasteiger partial charge is 0.336 e. The van der Waals surface area contributed by atoms with E-state index in [4.69, 9.17) is 23.2 Å². The van der Waals surface area contributed by atoms with E-state index in [1.807, 2.05) is 0 Å². The van der Waals surface area contributed by atoms with E-state index in [0.717, 1.165) is 12.8 Å². The first-order valence-corrected chi connectivity index (χ1v) is 12.4. The highest BCUT2D eigenvalue weighted by atomic mass is 35.5. The van der Waals surface area contributed by atoms with Crippen molar-refractivity contribution in [3.8, 4) is 0 Å². The van der Waals surface area contributed by atoms with E-state index in [-0.39, 0.29) is 59.1 Å². The molecule has 1 saturated heterocycles. The van der Waals surface area contributed by atoms with Crippen molar-refractivity contribution >= 4 is 50.9 Å². The van der Waals surface area contributed by atoms with Crippen LogP contribution in [0, 0.1) is 0 Å². The smallest absolute Gasteiger partial charge is 0.319 e. The van der Waals surface area contributed by atoms with Crippen LogP contribution in [0.1, 0.15) is 23.2 Å². The third-order valence-corrected chi connectivity index (χ3v) is 7.95. The van der Waals surface area contributed by atoms with E-state index >= 15 is 0 Å².